The Kier molecular flexibility index (Phi) is 3.36. The summed E-state index contributed by atoms with van der Waals surface area (Å²) in [7, 11) is 0. The van der Waals surface area contributed by atoms with Crippen molar-refractivity contribution in [1.29, 1.82) is 0 Å². The molecule has 0 aliphatic heterocycles. The summed E-state index contributed by atoms with van der Waals surface area (Å²) in [4.78, 5) is 13.1. The molecule has 138 valence electrons. The minimum Gasteiger partial charge on any atom is -0.353 e. The second kappa shape index (κ2) is 5.26. The van der Waals surface area contributed by atoms with E-state index in [1.54, 1.807) is 0 Å². The zero-order valence-corrected chi connectivity index (χ0v) is 16.9. The van der Waals surface area contributed by atoms with E-state index in [0.717, 1.165) is 41.9 Å². The van der Waals surface area contributed by atoms with Crippen LogP contribution in [0, 0.1) is 40.9 Å². The van der Waals surface area contributed by atoms with Crippen molar-refractivity contribution in [3.05, 3.63) is 0 Å². The molecule has 1 N–H and O–H groups in total. The van der Waals surface area contributed by atoms with Crippen LogP contribution in [0.5, 0.6) is 0 Å². The third-order valence-electron chi connectivity index (χ3n) is 9.20. The molecule has 1 amide bonds. The number of nitrogens with one attached hydrogen (secondary N) is 1. The highest BCUT2D eigenvalue weighted by atomic mass is 79.9. The van der Waals surface area contributed by atoms with Crippen LogP contribution in [0.3, 0.4) is 0 Å². The molecule has 8 rings (SSSR count). The molecule has 0 heterocycles. The molecule has 8 saturated carbocycles. The lowest BCUT2D eigenvalue weighted by Gasteiger charge is -2.60. The second-order valence-corrected chi connectivity index (χ2v) is 13.0. The smallest absolute Gasteiger partial charge is 0.220 e. The molecule has 8 aliphatic rings. The van der Waals surface area contributed by atoms with Gasteiger partial charge in [-0.05, 0) is 112 Å². The monoisotopic (exact) mass is 405 g/mol. The van der Waals surface area contributed by atoms with Gasteiger partial charge < -0.3 is 5.32 Å². The first-order valence-electron chi connectivity index (χ1n) is 11.0. The molecular weight excluding hydrogens is 374 g/mol. The average Bonchev–Trinajstić information content (AvgIpc) is 2.47. The van der Waals surface area contributed by atoms with Gasteiger partial charge in [0.15, 0.2) is 0 Å². The molecule has 2 nitrogen and oxygen atoms in total. The quantitative estimate of drug-likeness (QED) is 0.653. The summed E-state index contributed by atoms with van der Waals surface area (Å²) in [6.07, 6.45) is 16.0. The normalized spacial score (nSPS) is 57.9. The number of rotatable bonds is 3. The lowest BCUT2D eigenvalue weighted by Crippen LogP contribution is -2.57. The number of carbonyl (C=O) groups excluding carboxylic acids is 1. The van der Waals surface area contributed by atoms with Crippen molar-refractivity contribution in [2.45, 2.75) is 87.4 Å². The number of carbonyl (C=O) groups is 1. The summed E-state index contributed by atoms with van der Waals surface area (Å²) < 4.78 is 0.375. The van der Waals surface area contributed by atoms with Gasteiger partial charge >= 0.3 is 0 Å². The summed E-state index contributed by atoms with van der Waals surface area (Å²) in [5, 5.41) is 3.60. The van der Waals surface area contributed by atoms with Crippen molar-refractivity contribution in [3.8, 4) is 0 Å². The van der Waals surface area contributed by atoms with Crippen molar-refractivity contribution in [2.24, 2.45) is 40.9 Å². The van der Waals surface area contributed by atoms with Gasteiger partial charge in [-0.15, -0.1) is 0 Å². The standard InChI is InChI=1S/C22H32BrNO/c23-22-9-15-2-16(10-22)8-21(7-15,12-22)11-19(25)24-20-17-3-13-1-14(5-17)6-18(20)4-13/h13-18,20H,1-12H2,(H,24,25)/t13?,14?,15-,16-,17?,18?,20?,21?,22?/m0/s1. The lowest BCUT2D eigenvalue weighted by molar-refractivity contribution is -0.132. The third kappa shape index (κ3) is 2.57. The zero-order chi connectivity index (χ0) is 16.8. The molecule has 0 spiro atoms. The minimum absolute atomic E-state index is 0.323. The fraction of sp³-hybridized carbons (Fsp3) is 0.955. The van der Waals surface area contributed by atoms with Crippen molar-refractivity contribution in [1.82, 2.24) is 5.32 Å². The molecule has 8 aliphatic carbocycles. The van der Waals surface area contributed by atoms with Gasteiger partial charge in [0.05, 0.1) is 0 Å². The van der Waals surface area contributed by atoms with Crippen LogP contribution in [-0.4, -0.2) is 16.3 Å². The minimum atomic E-state index is 0.323. The van der Waals surface area contributed by atoms with E-state index in [-0.39, 0.29) is 0 Å². The van der Waals surface area contributed by atoms with E-state index in [1.807, 2.05) is 0 Å². The van der Waals surface area contributed by atoms with E-state index in [4.69, 9.17) is 0 Å². The van der Waals surface area contributed by atoms with Crippen LogP contribution < -0.4 is 5.32 Å². The highest BCUT2D eigenvalue weighted by molar-refractivity contribution is 9.10. The Hall–Kier alpha value is -0.0500. The topological polar surface area (TPSA) is 29.1 Å². The fourth-order valence-corrected chi connectivity index (χ4v) is 10.8. The van der Waals surface area contributed by atoms with Crippen LogP contribution in [0.2, 0.25) is 0 Å². The molecule has 25 heavy (non-hydrogen) atoms. The molecule has 0 aromatic rings. The summed E-state index contributed by atoms with van der Waals surface area (Å²) >= 11 is 4.10. The number of hydrogen-bond donors (Lipinski definition) is 1. The van der Waals surface area contributed by atoms with Crippen LogP contribution >= 0.6 is 15.9 Å². The van der Waals surface area contributed by atoms with Gasteiger partial charge in [0, 0.05) is 16.8 Å². The zero-order valence-electron chi connectivity index (χ0n) is 15.3. The Morgan fingerprint density at radius 2 is 1.40 bits per heavy atom. The maximum Gasteiger partial charge on any atom is 0.220 e. The summed E-state index contributed by atoms with van der Waals surface area (Å²) in [6.45, 7) is 0. The fourth-order valence-electron chi connectivity index (χ4n) is 9.28. The SMILES string of the molecule is O=C(CC12C[C@@H]3C[C@H](CC(Br)(C3)C1)C2)NC1C2CC3CC(C2)CC1C3. The van der Waals surface area contributed by atoms with E-state index in [2.05, 4.69) is 21.2 Å². The number of hydrogen-bond acceptors (Lipinski definition) is 1. The second-order valence-electron chi connectivity index (χ2n) is 11.3. The molecule has 8 bridgehead atoms. The Labute approximate surface area is 160 Å². The number of alkyl halides is 1. The van der Waals surface area contributed by atoms with Gasteiger partial charge in [-0.3, -0.25) is 4.79 Å². The highest BCUT2D eigenvalue weighted by Gasteiger charge is 2.57. The van der Waals surface area contributed by atoms with Crippen LogP contribution in [0.25, 0.3) is 0 Å². The van der Waals surface area contributed by atoms with Gasteiger partial charge in [0.2, 0.25) is 5.91 Å². The van der Waals surface area contributed by atoms with Crippen molar-refractivity contribution in [3.63, 3.8) is 0 Å². The molecule has 0 unspecified atom stereocenters. The van der Waals surface area contributed by atoms with Crippen LogP contribution in [0.1, 0.15) is 77.0 Å². The summed E-state index contributed by atoms with van der Waals surface area (Å²) in [5.74, 6) is 5.76. The van der Waals surface area contributed by atoms with Crippen LogP contribution in [-0.2, 0) is 4.79 Å². The molecular formula is C22H32BrNO. The van der Waals surface area contributed by atoms with E-state index < -0.39 is 0 Å². The van der Waals surface area contributed by atoms with Gasteiger partial charge in [-0.2, -0.15) is 0 Å². The van der Waals surface area contributed by atoms with Gasteiger partial charge in [-0.25, -0.2) is 0 Å². The van der Waals surface area contributed by atoms with Gasteiger partial charge in [-0.1, -0.05) is 15.9 Å². The Balaban J connectivity index is 1.16. The Morgan fingerprint density at radius 3 is 1.96 bits per heavy atom. The molecule has 8 fully saturated rings. The van der Waals surface area contributed by atoms with E-state index in [0.29, 0.717) is 21.7 Å². The maximum absolute atomic E-state index is 13.1. The average molecular weight is 406 g/mol. The molecule has 0 saturated heterocycles. The molecule has 0 radical (unpaired) electrons. The molecule has 3 heteroatoms. The number of amides is 1. The summed E-state index contributed by atoms with van der Waals surface area (Å²) in [5.41, 5.74) is 0.323. The lowest BCUT2D eigenvalue weighted by atomic mass is 9.48. The number of halogens is 1. The van der Waals surface area contributed by atoms with E-state index in [9.17, 15) is 4.79 Å². The van der Waals surface area contributed by atoms with Crippen LogP contribution in [0.4, 0.5) is 0 Å². The Morgan fingerprint density at radius 1 is 0.840 bits per heavy atom. The highest BCUT2D eigenvalue weighted by Crippen LogP contribution is 2.65. The Bertz CT molecular complexity index is 559. The summed E-state index contributed by atoms with van der Waals surface area (Å²) in [6, 6.07) is 0.521. The van der Waals surface area contributed by atoms with Gasteiger partial charge in [0.25, 0.3) is 0 Å². The first-order valence-corrected chi connectivity index (χ1v) is 11.8. The first-order chi connectivity index (χ1) is 12.0. The third-order valence-corrected chi connectivity index (χ3v) is 10.1. The van der Waals surface area contributed by atoms with E-state index in [1.165, 1.54) is 70.6 Å². The maximum atomic E-state index is 13.1. The molecule has 0 aromatic heterocycles. The van der Waals surface area contributed by atoms with Crippen molar-refractivity contribution >= 4 is 21.8 Å². The largest absolute Gasteiger partial charge is 0.353 e. The van der Waals surface area contributed by atoms with Crippen LogP contribution in [0.15, 0.2) is 0 Å². The van der Waals surface area contributed by atoms with E-state index >= 15 is 0 Å². The van der Waals surface area contributed by atoms with Gasteiger partial charge in [0.1, 0.15) is 0 Å². The predicted octanol–water partition coefficient (Wildman–Crippen LogP) is 5.05. The molecule has 0 aromatic carbocycles. The van der Waals surface area contributed by atoms with Crippen molar-refractivity contribution in [2.75, 3.05) is 0 Å². The first kappa shape index (κ1) is 16.0. The predicted molar refractivity (Wildman–Crippen MR) is 102 cm³/mol. The van der Waals surface area contributed by atoms with Crippen molar-refractivity contribution < 1.29 is 4.79 Å². The molecule has 2 atom stereocenters.